The number of para-hydroxylation sites is 1. The van der Waals surface area contributed by atoms with Crippen molar-refractivity contribution >= 4 is 23.2 Å². The Hall–Kier alpha value is -1.89. The molecule has 1 aliphatic heterocycles. The van der Waals surface area contributed by atoms with E-state index in [2.05, 4.69) is 10.4 Å². The number of aromatic nitrogens is 2. The summed E-state index contributed by atoms with van der Waals surface area (Å²) < 4.78 is 12.2. The van der Waals surface area contributed by atoms with E-state index in [1.54, 1.807) is 41.3 Å². The second kappa shape index (κ2) is 6.26. The van der Waals surface area contributed by atoms with Gasteiger partial charge < -0.3 is 14.8 Å². The smallest absolute Gasteiger partial charge is 0.255 e. The van der Waals surface area contributed by atoms with Crippen molar-refractivity contribution in [2.75, 3.05) is 25.1 Å². The molecule has 0 aliphatic carbocycles. The van der Waals surface area contributed by atoms with Gasteiger partial charge in [-0.25, -0.2) is 4.68 Å². The van der Waals surface area contributed by atoms with Crippen LogP contribution in [-0.4, -0.2) is 41.6 Å². The molecule has 0 radical (unpaired) electrons. The summed E-state index contributed by atoms with van der Waals surface area (Å²) in [6.07, 6.45) is 2.80. The molecule has 1 aliphatic rings. The zero-order chi connectivity index (χ0) is 14.7. The number of ether oxygens (including phenoxy) is 2. The van der Waals surface area contributed by atoms with Crippen molar-refractivity contribution < 1.29 is 14.3 Å². The number of hydrogen-bond acceptors (Lipinski definition) is 4. The lowest BCUT2D eigenvalue weighted by atomic mass is 10.2. The molecule has 1 aromatic heterocycles. The fourth-order valence-corrected chi connectivity index (χ4v) is 2.36. The summed E-state index contributed by atoms with van der Waals surface area (Å²) in [4.78, 5) is 12.2. The summed E-state index contributed by atoms with van der Waals surface area (Å²) in [5.74, 6) is -0.259. The van der Waals surface area contributed by atoms with Crippen molar-refractivity contribution in [2.24, 2.45) is 0 Å². The topological polar surface area (TPSA) is 65.4 Å². The molecule has 2 heterocycles. The highest BCUT2D eigenvalue weighted by Gasteiger charge is 2.24. The third-order valence-electron chi connectivity index (χ3n) is 3.09. The number of amides is 1. The molecule has 0 saturated carbocycles. The lowest BCUT2D eigenvalue weighted by molar-refractivity contribution is -0.142. The van der Waals surface area contributed by atoms with Crippen LogP contribution in [-0.2, 0) is 14.3 Å². The average molecular weight is 308 g/mol. The first-order valence-electron chi connectivity index (χ1n) is 6.54. The third-order valence-corrected chi connectivity index (χ3v) is 3.39. The summed E-state index contributed by atoms with van der Waals surface area (Å²) in [5, 5.41) is 7.47. The summed E-state index contributed by atoms with van der Waals surface area (Å²) in [7, 11) is 0. The Bertz CT molecular complexity index is 624. The predicted octanol–water partition coefficient (Wildman–Crippen LogP) is 1.88. The zero-order valence-corrected chi connectivity index (χ0v) is 11.9. The van der Waals surface area contributed by atoms with Crippen LogP contribution in [0.2, 0.25) is 5.02 Å². The van der Waals surface area contributed by atoms with Crippen LogP contribution in [0.1, 0.15) is 0 Å². The summed E-state index contributed by atoms with van der Waals surface area (Å²) >= 11 is 6.22. The van der Waals surface area contributed by atoms with Crippen molar-refractivity contribution in [2.45, 2.75) is 6.10 Å². The summed E-state index contributed by atoms with van der Waals surface area (Å²) in [6, 6.07) is 7.06. The second-order valence-corrected chi connectivity index (χ2v) is 4.92. The van der Waals surface area contributed by atoms with Gasteiger partial charge in [0.05, 0.1) is 30.5 Å². The molecule has 110 valence electrons. The molecule has 1 aromatic carbocycles. The highest BCUT2D eigenvalue weighted by atomic mass is 35.5. The lowest BCUT2D eigenvalue weighted by Crippen LogP contribution is -2.39. The molecule has 1 saturated heterocycles. The maximum Gasteiger partial charge on any atom is 0.255 e. The molecule has 1 fully saturated rings. The van der Waals surface area contributed by atoms with E-state index in [9.17, 15) is 4.79 Å². The molecular weight excluding hydrogens is 294 g/mol. The van der Waals surface area contributed by atoms with Crippen LogP contribution < -0.4 is 5.32 Å². The minimum absolute atomic E-state index is 0.253. The number of carbonyl (C=O) groups is 1. The predicted molar refractivity (Wildman–Crippen MR) is 77.8 cm³/mol. The molecule has 2 aromatic rings. The van der Waals surface area contributed by atoms with E-state index in [1.165, 1.54) is 0 Å². The Kier molecular flexibility index (Phi) is 4.19. The van der Waals surface area contributed by atoms with E-state index >= 15 is 0 Å². The number of rotatable bonds is 3. The van der Waals surface area contributed by atoms with Gasteiger partial charge in [-0.2, -0.15) is 5.10 Å². The standard InChI is InChI=1S/C14H14ClN3O3/c15-10-3-1-4-11(13(10)18-6-2-5-16-18)17-14(19)12-9-20-7-8-21-12/h1-6,12H,7-9H2,(H,17,19)/t12-/m0/s1. The molecule has 1 atom stereocenters. The minimum Gasteiger partial charge on any atom is -0.376 e. The van der Waals surface area contributed by atoms with E-state index in [0.29, 0.717) is 29.6 Å². The van der Waals surface area contributed by atoms with Crippen LogP contribution >= 0.6 is 11.6 Å². The van der Waals surface area contributed by atoms with Crippen LogP contribution in [0.25, 0.3) is 5.69 Å². The Labute approximate surface area is 126 Å². The first-order valence-corrected chi connectivity index (χ1v) is 6.92. The molecule has 21 heavy (non-hydrogen) atoms. The Balaban J connectivity index is 1.85. The fraction of sp³-hybridized carbons (Fsp3) is 0.286. The van der Waals surface area contributed by atoms with Crippen molar-refractivity contribution in [1.29, 1.82) is 0 Å². The van der Waals surface area contributed by atoms with E-state index in [1.807, 2.05) is 0 Å². The minimum atomic E-state index is -0.608. The molecule has 7 heteroatoms. The van der Waals surface area contributed by atoms with Crippen LogP contribution in [0, 0.1) is 0 Å². The van der Waals surface area contributed by atoms with E-state index < -0.39 is 6.10 Å². The first-order chi connectivity index (χ1) is 10.3. The van der Waals surface area contributed by atoms with Gasteiger partial charge >= 0.3 is 0 Å². The van der Waals surface area contributed by atoms with Gasteiger partial charge in [0, 0.05) is 12.4 Å². The van der Waals surface area contributed by atoms with Crippen molar-refractivity contribution in [1.82, 2.24) is 9.78 Å². The van der Waals surface area contributed by atoms with Gasteiger partial charge in [0.25, 0.3) is 5.91 Å². The van der Waals surface area contributed by atoms with Gasteiger partial charge in [-0.1, -0.05) is 17.7 Å². The van der Waals surface area contributed by atoms with Crippen LogP contribution in [0.15, 0.2) is 36.7 Å². The molecule has 1 amide bonds. The van der Waals surface area contributed by atoms with Crippen molar-refractivity contribution in [3.8, 4) is 5.69 Å². The van der Waals surface area contributed by atoms with Crippen molar-refractivity contribution in [3.63, 3.8) is 0 Å². The van der Waals surface area contributed by atoms with Gasteiger partial charge in [0.15, 0.2) is 6.10 Å². The van der Waals surface area contributed by atoms with E-state index in [-0.39, 0.29) is 12.5 Å². The van der Waals surface area contributed by atoms with Gasteiger partial charge in [0.2, 0.25) is 0 Å². The average Bonchev–Trinajstić information content (AvgIpc) is 3.02. The largest absolute Gasteiger partial charge is 0.376 e. The lowest BCUT2D eigenvalue weighted by Gasteiger charge is -2.22. The maximum absolute atomic E-state index is 12.2. The highest BCUT2D eigenvalue weighted by Crippen LogP contribution is 2.28. The Morgan fingerprint density at radius 3 is 3.00 bits per heavy atom. The number of nitrogens with zero attached hydrogens (tertiary/aromatic N) is 2. The molecular formula is C14H14ClN3O3. The van der Waals surface area contributed by atoms with Crippen LogP contribution in [0.5, 0.6) is 0 Å². The number of nitrogens with one attached hydrogen (secondary N) is 1. The normalized spacial score (nSPS) is 18.4. The van der Waals surface area contributed by atoms with Gasteiger partial charge in [-0.15, -0.1) is 0 Å². The Morgan fingerprint density at radius 2 is 2.29 bits per heavy atom. The summed E-state index contributed by atoms with van der Waals surface area (Å²) in [5.41, 5.74) is 1.19. The van der Waals surface area contributed by atoms with Crippen LogP contribution in [0.3, 0.4) is 0 Å². The third kappa shape index (κ3) is 3.07. The number of hydrogen-bond donors (Lipinski definition) is 1. The molecule has 1 N–H and O–H groups in total. The van der Waals surface area contributed by atoms with Crippen molar-refractivity contribution in [3.05, 3.63) is 41.7 Å². The second-order valence-electron chi connectivity index (χ2n) is 4.51. The molecule has 0 spiro atoms. The SMILES string of the molecule is O=C(Nc1cccc(Cl)c1-n1cccn1)[C@@H]1COCCO1. The van der Waals surface area contributed by atoms with Gasteiger partial charge in [-0.3, -0.25) is 4.79 Å². The fourth-order valence-electron chi connectivity index (χ4n) is 2.10. The molecule has 6 nitrogen and oxygen atoms in total. The quantitative estimate of drug-likeness (QED) is 0.940. The first kappa shape index (κ1) is 14.1. The highest BCUT2D eigenvalue weighted by molar-refractivity contribution is 6.33. The molecule has 0 unspecified atom stereocenters. The summed E-state index contributed by atoms with van der Waals surface area (Å²) in [6.45, 7) is 1.18. The van der Waals surface area contributed by atoms with Gasteiger partial charge in [-0.05, 0) is 18.2 Å². The number of halogens is 1. The maximum atomic E-state index is 12.2. The zero-order valence-electron chi connectivity index (χ0n) is 11.2. The molecule has 0 bridgehead atoms. The van der Waals surface area contributed by atoms with E-state index in [0.717, 1.165) is 0 Å². The van der Waals surface area contributed by atoms with Crippen LogP contribution in [0.4, 0.5) is 5.69 Å². The number of anilines is 1. The monoisotopic (exact) mass is 307 g/mol. The van der Waals surface area contributed by atoms with E-state index in [4.69, 9.17) is 21.1 Å². The van der Waals surface area contributed by atoms with Gasteiger partial charge in [0.1, 0.15) is 5.69 Å². The number of carbonyl (C=O) groups excluding carboxylic acids is 1. The molecule has 3 rings (SSSR count). The Morgan fingerprint density at radius 1 is 1.38 bits per heavy atom. The number of benzene rings is 1.